The Hall–Kier alpha value is -4.68. The summed E-state index contributed by atoms with van der Waals surface area (Å²) < 4.78 is 15.2. The number of nitrogens with one attached hydrogen (secondary N) is 1. The van der Waals surface area contributed by atoms with Crippen molar-refractivity contribution in [3.8, 4) is 5.75 Å². The second-order valence-corrected chi connectivity index (χ2v) is 9.40. The molecule has 0 aliphatic carbocycles. The molecule has 218 valence electrons. The zero-order valence-corrected chi connectivity index (χ0v) is 22.7. The van der Waals surface area contributed by atoms with Crippen LogP contribution in [0.25, 0.3) is 0 Å². The van der Waals surface area contributed by atoms with Gasteiger partial charge in [-0.1, -0.05) is 26.0 Å². The number of rotatable bonds is 13. The molecule has 0 bridgehead atoms. The van der Waals surface area contributed by atoms with Gasteiger partial charge in [0.1, 0.15) is 19.0 Å². The number of hydrogen-bond donors (Lipinski definition) is 3. The summed E-state index contributed by atoms with van der Waals surface area (Å²) in [5.41, 5.74) is -0.504. The Labute approximate surface area is 231 Å². The van der Waals surface area contributed by atoms with Crippen molar-refractivity contribution in [3.05, 3.63) is 69.8 Å². The summed E-state index contributed by atoms with van der Waals surface area (Å²) in [7, 11) is 1.53. The van der Waals surface area contributed by atoms with Crippen LogP contribution in [0.3, 0.4) is 0 Å². The van der Waals surface area contributed by atoms with Crippen molar-refractivity contribution in [1.29, 1.82) is 0 Å². The summed E-state index contributed by atoms with van der Waals surface area (Å²) in [5.74, 6) is -1.82. The molecule has 0 aromatic heterocycles. The number of non-ortho nitro benzene ring substituents is 1. The van der Waals surface area contributed by atoms with Gasteiger partial charge in [0.15, 0.2) is 0 Å². The number of esters is 1. The Morgan fingerprint density at radius 1 is 0.950 bits per heavy atom. The molecule has 0 heterocycles. The fraction of sp³-hybridized carbons (Fsp3) is 0.407. The molecule has 1 unspecified atom stereocenters. The zero-order chi connectivity index (χ0) is 30.3. The van der Waals surface area contributed by atoms with Crippen LogP contribution in [0.2, 0.25) is 0 Å². The van der Waals surface area contributed by atoms with Crippen molar-refractivity contribution < 1.29 is 48.5 Å². The van der Waals surface area contributed by atoms with Gasteiger partial charge in [-0.3, -0.25) is 24.5 Å². The second kappa shape index (κ2) is 16.3. The summed E-state index contributed by atoms with van der Waals surface area (Å²) in [4.78, 5) is 55.8. The van der Waals surface area contributed by atoms with E-state index in [1.54, 1.807) is 24.3 Å². The molecular weight excluding hydrogens is 528 g/mol. The van der Waals surface area contributed by atoms with Crippen LogP contribution in [0, 0.1) is 21.4 Å². The van der Waals surface area contributed by atoms with Gasteiger partial charge in [-0.25, -0.2) is 4.79 Å². The lowest BCUT2D eigenvalue weighted by atomic mass is 9.87. The van der Waals surface area contributed by atoms with Gasteiger partial charge in [-0.05, 0) is 48.2 Å². The molecule has 1 amide bonds. The number of carboxylic acid groups (broad SMARTS) is 2. The predicted molar refractivity (Wildman–Crippen MR) is 142 cm³/mol. The molecule has 0 saturated carbocycles. The first-order chi connectivity index (χ1) is 18.7. The largest absolute Gasteiger partial charge is 0.497 e. The molecule has 13 heteroatoms. The van der Waals surface area contributed by atoms with Crippen molar-refractivity contribution >= 4 is 29.7 Å². The lowest BCUT2D eigenvalue weighted by Crippen LogP contribution is -2.42. The molecule has 2 aromatic rings. The van der Waals surface area contributed by atoms with Crippen LogP contribution in [0.15, 0.2) is 48.5 Å². The fourth-order valence-electron chi connectivity index (χ4n) is 3.00. The number of nitro benzene ring substituents is 1. The van der Waals surface area contributed by atoms with Crippen molar-refractivity contribution in [2.24, 2.45) is 11.3 Å². The third-order valence-electron chi connectivity index (χ3n) is 5.33. The molecule has 40 heavy (non-hydrogen) atoms. The first-order valence-corrected chi connectivity index (χ1v) is 12.1. The molecule has 0 radical (unpaired) electrons. The van der Waals surface area contributed by atoms with Gasteiger partial charge in [0, 0.05) is 25.1 Å². The summed E-state index contributed by atoms with van der Waals surface area (Å²) in [6.07, 6.45) is -1.09. The summed E-state index contributed by atoms with van der Waals surface area (Å²) >= 11 is 0. The number of ether oxygens (including phenoxy) is 3. The molecule has 13 nitrogen and oxygen atoms in total. The van der Waals surface area contributed by atoms with Crippen LogP contribution < -0.4 is 10.1 Å². The Balaban J connectivity index is 0.00000101. The number of methoxy groups -OCH3 is 1. The molecule has 2 rings (SSSR count). The molecular formula is C27H34N2O11. The molecule has 0 saturated heterocycles. The zero-order valence-electron chi connectivity index (χ0n) is 22.7. The normalized spacial score (nSPS) is 11.7. The lowest BCUT2D eigenvalue weighted by Gasteiger charge is -2.24. The van der Waals surface area contributed by atoms with Gasteiger partial charge in [0.25, 0.3) is 5.69 Å². The number of nitro groups is 1. The first-order valence-electron chi connectivity index (χ1n) is 12.1. The third kappa shape index (κ3) is 12.7. The highest BCUT2D eigenvalue weighted by Gasteiger charge is 2.37. The monoisotopic (exact) mass is 562 g/mol. The van der Waals surface area contributed by atoms with Crippen LogP contribution in [-0.2, 0) is 37.1 Å². The lowest BCUT2D eigenvalue weighted by molar-refractivity contribution is -0.384. The number of nitrogens with zero attached hydrogens (tertiary/aromatic N) is 1. The number of carbonyl (C=O) groups is 4. The van der Waals surface area contributed by atoms with Crippen LogP contribution in [0.1, 0.15) is 44.7 Å². The van der Waals surface area contributed by atoms with Gasteiger partial charge in [0.05, 0.1) is 23.9 Å². The average Bonchev–Trinajstić information content (AvgIpc) is 2.89. The van der Waals surface area contributed by atoms with E-state index < -0.39 is 40.8 Å². The maximum atomic E-state index is 12.2. The second-order valence-electron chi connectivity index (χ2n) is 9.40. The van der Waals surface area contributed by atoms with Crippen molar-refractivity contribution in [3.63, 3.8) is 0 Å². The highest BCUT2D eigenvalue weighted by Crippen LogP contribution is 2.22. The van der Waals surface area contributed by atoms with Crippen LogP contribution in [0.4, 0.5) is 10.5 Å². The average molecular weight is 563 g/mol. The SMILES string of the molecule is CC(C)CC(=O)O.COc1ccc(COC(=O)CC(C)(CNC(=O)OCc2ccc([N+](=O)[O-])cc2)C(=O)O)cc1. The Morgan fingerprint density at radius 2 is 1.48 bits per heavy atom. The smallest absolute Gasteiger partial charge is 0.407 e. The topological polar surface area (TPSA) is 192 Å². The Bertz CT molecular complexity index is 1150. The molecule has 0 aliphatic heterocycles. The van der Waals surface area contributed by atoms with Gasteiger partial charge in [0.2, 0.25) is 0 Å². The summed E-state index contributed by atoms with van der Waals surface area (Å²) in [5, 5.41) is 30.6. The first kappa shape index (κ1) is 33.3. The van der Waals surface area contributed by atoms with E-state index in [0.29, 0.717) is 16.9 Å². The van der Waals surface area contributed by atoms with E-state index in [1.165, 1.54) is 38.3 Å². The molecule has 2 aromatic carbocycles. The van der Waals surface area contributed by atoms with E-state index in [4.69, 9.17) is 19.3 Å². The van der Waals surface area contributed by atoms with Gasteiger partial charge in [-0.15, -0.1) is 0 Å². The molecule has 3 N–H and O–H groups in total. The Kier molecular flexibility index (Phi) is 13.6. The maximum Gasteiger partial charge on any atom is 0.407 e. The van der Waals surface area contributed by atoms with Crippen molar-refractivity contribution in [2.75, 3.05) is 13.7 Å². The Morgan fingerprint density at radius 3 is 1.90 bits per heavy atom. The highest BCUT2D eigenvalue weighted by atomic mass is 16.6. The third-order valence-corrected chi connectivity index (χ3v) is 5.33. The number of carboxylic acids is 2. The standard InChI is InChI=1S/C22H24N2O9.C5H10O2/c1-22(20(26)27,11-19(25)32-12-16-5-9-18(31-2)10-6-16)14-23-21(28)33-13-15-3-7-17(8-4-15)24(29)30;1-4(2)3-5(6)7/h3-10H,11-14H2,1-2H3,(H,23,28)(H,26,27);4H,3H2,1-2H3,(H,6,7). The van der Waals surface area contributed by atoms with E-state index in [-0.39, 0.29) is 37.8 Å². The van der Waals surface area contributed by atoms with E-state index in [1.807, 2.05) is 13.8 Å². The van der Waals surface area contributed by atoms with E-state index in [0.717, 1.165) is 0 Å². The fourth-order valence-corrected chi connectivity index (χ4v) is 3.00. The van der Waals surface area contributed by atoms with Crippen LogP contribution >= 0.6 is 0 Å². The molecule has 0 fully saturated rings. The van der Waals surface area contributed by atoms with Gasteiger partial charge in [-0.2, -0.15) is 0 Å². The van der Waals surface area contributed by atoms with Gasteiger partial charge < -0.3 is 29.7 Å². The summed E-state index contributed by atoms with van der Waals surface area (Å²) in [6.45, 7) is 4.49. The van der Waals surface area contributed by atoms with E-state index >= 15 is 0 Å². The molecule has 0 spiro atoms. The predicted octanol–water partition coefficient (Wildman–Crippen LogP) is 4.17. The van der Waals surface area contributed by atoms with Crippen molar-refractivity contribution in [2.45, 2.75) is 46.8 Å². The number of aliphatic carboxylic acids is 2. The number of carbonyl (C=O) groups excluding carboxylic acids is 2. The number of hydrogen-bond acceptors (Lipinski definition) is 9. The molecule has 0 aliphatic rings. The van der Waals surface area contributed by atoms with Crippen LogP contribution in [-0.4, -0.2) is 52.8 Å². The highest BCUT2D eigenvalue weighted by molar-refractivity contribution is 5.82. The minimum Gasteiger partial charge on any atom is -0.497 e. The number of amides is 1. The molecule has 1 atom stereocenters. The van der Waals surface area contributed by atoms with E-state index in [9.17, 15) is 34.4 Å². The minimum absolute atomic E-state index is 0.0385. The quantitative estimate of drug-likeness (QED) is 0.180. The number of alkyl carbamates (subject to hydrolysis) is 1. The van der Waals surface area contributed by atoms with Gasteiger partial charge >= 0.3 is 24.0 Å². The van der Waals surface area contributed by atoms with Crippen molar-refractivity contribution in [1.82, 2.24) is 5.32 Å². The summed E-state index contributed by atoms with van der Waals surface area (Å²) in [6, 6.07) is 12.3. The van der Waals surface area contributed by atoms with Crippen LogP contribution in [0.5, 0.6) is 5.75 Å². The van der Waals surface area contributed by atoms with E-state index in [2.05, 4.69) is 5.32 Å². The maximum absolute atomic E-state index is 12.2. The minimum atomic E-state index is -1.62. The number of benzene rings is 2.